The second-order valence-corrected chi connectivity index (χ2v) is 9.07. The Morgan fingerprint density at radius 2 is 2.04 bits per heavy atom. The molecule has 27 heavy (non-hydrogen) atoms. The molecule has 1 aromatic carbocycles. The van der Waals surface area contributed by atoms with Gasteiger partial charge in [-0.25, -0.2) is 0 Å². The van der Waals surface area contributed by atoms with E-state index in [4.69, 9.17) is 0 Å². The Bertz CT molecular complexity index is 593. The SMILES string of the molecule is CCN(CCCNC(=NC)NC1CCCC(S(=O)CC)C1)c1ccccc1. The molecule has 0 heterocycles. The topological polar surface area (TPSA) is 56.7 Å². The fourth-order valence-corrected chi connectivity index (χ4v) is 5.07. The summed E-state index contributed by atoms with van der Waals surface area (Å²) in [4.78, 5) is 6.76. The standard InChI is InChI=1S/C21H36N4OS/c1-4-25(19-12-7-6-8-13-19)16-10-15-23-21(22-3)24-18-11-9-14-20(17-18)27(26)5-2/h6-8,12-13,18,20H,4-5,9-11,14-17H2,1-3H3,(H2,22,23,24). The highest BCUT2D eigenvalue weighted by Gasteiger charge is 2.25. The third-order valence-electron chi connectivity index (χ3n) is 5.25. The van der Waals surface area contributed by atoms with Gasteiger partial charge in [-0.3, -0.25) is 9.20 Å². The van der Waals surface area contributed by atoms with E-state index in [1.165, 1.54) is 5.69 Å². The third kappa shape index (κ3) is 7.17. The number of guanidine groups is 1. The molecule has 2 rings (SSSR count). The summed E-state index contributed by atoms with van der Waals surface area (Å²) in [5.74, 6) is 1.63. The lowest BCUT2D eigenvalue weighted by molar-refractivity contribution is 0.413. The zero-order valence-electron chi connectivity index (χ0n) is 17.1. The van der Waals surface area contributed by atoms with Crippen molar-refractivity contribution in [2.24, 2.45) is 4.99 Å². The van der Waals surface area contributed by atoms with Crippen LogP contribution in [0.15, 0.2) is 35.3 Å². The van der Waals surface area contributed by atoms with E-state index in [9.17, 15) is 4.21 Å². The molecule has 0 amide bonds. The van der Waals surface area contributed by atoms with Crippen LogP contribution in [-0.4, -0.2) is 53.9 Å². The second-order valence-electron chi connectivity index (χ2n) is 7.07. The van der Waals surface area contributed by atoms with Crippen molar-refractivity contribution in [2.75, 3.05) is 37.3 Å². The average Bonchev–Trinajstić information content (AvgIpc) is 2.73. The van der Waals surface area contributed by atoms with Crippen molar-refractivity contribution in [1.29, 1.82) is 0 Å². The summed E-state index contributed by atoms with van der Waals surface area (Å²) in [6, 6.07) is 10.9. The first-order chi connectivity index (χ1) is 13.2. The molecule has 1 aromatic rings. The maximum Gasteiger partial charge on any atom is 0.191 e. The molecule has 3 unspecified atom stereocenters. The average molecular weight is 393 g/mol. The highest BCUT2D eigenvalue weighted by Crippen LogP contribution is 2.23. The molecule has 0 radical (unpaired) electrons. The van der Waals surface area contributed by atoms with E-state index < -0.39 is 10.8 Å². The Morgan fingerprint density at radius 3 is 2.70 bits per heavy atom. The Morgan fingerprint density at radius 1 is 1.26 bits per heavy atom. The number of aliphatic imine (C=N–C) groups is 1. The highest BCUT2D eigenvalue weighted by molar-refractivity contribution is 7.85. The van der Waals surface area contributed by atoms with Crippen molar-refractivity contribution in [3.63, 3.8) is 0 Å². The van der Waals surface area contributed by atoms with Gasteiger partial charge in [0.1, 0.15) is 0 Å². The van der Waals surface area contributed by atoms with Gasteiger partial charge in [0.15, 0.2) is 5.96 Å². The highest BCUT2D eigenvalue weighted by atomic mass is 32.2. The fourth-order valence-electron chi connectivity index (χ4n) is 3.72. The zero-order chi connectivity index (χ0) is 19.5. The van der Waals surface area contributed by atoms with Gasteiger partial charge in [0.25, 0.3) is 0 Å². The van der Waals surface area contributed by atoms with Crippen molar-refractivity contribution >= 4 is 22.4 Å². The van der Waals surface area contributed by atoms with Gasteiger partial charge in [0.2, 0.25) is 0 Å². The van der Waals surface area contributed by atoms with Gasteiger partial charge in [-0.1, -0.05) is 31.5 Å². The lowest BCUT2D eigenvalue weighted by Crippen LogP contribution is -2.47. The second kappa shape index (κ2) is 12.0. The first kappa shape index (κ1) is 21.7. The molecule has 2 N–H and O–H groups in total. The predicted octanol–water partition coefficient (Wildman–Crippen LogP) is 3.15. The summed E-state index contributed by atoms with van der Waals surface area (Å²) < 4.78 is 12.1. The van der Waals surface area contributed by atoms with Gasteiger partial charge in [-0.05, 0) is 44.7 Å². The van der Waals surface area contributed by atoms with Crippen LogP contribution in [0.2, 0.25) is 0 Å². The molecular formula is C21H36N4OS. The van der Waals surface area contributed by atoms with E-state index in [1.54, 1.807) is 0 Å². The number of nitrogens with zero attached hydrogens (tertiary/aromatic N) is 2. The summed E-state index contributed by atoms with van der Waals surface area (Å²) in [7, 11) is 1.13. The molecule has 6 heteroatoms. The summed E-state index contributed by atoms with van der Waals surface area (Å²) in [6.45, 7) is 7.13. The number of rotatable bonds is 9. The summed E-state index contributed by atoms with van der Waals surface area (Å²) >= 11 is 0. The maximum absolute atomic E-state index is 12.1. The van der Waals surface area contributed by atoms with E-state index in [2.05, 4.69) is 57.8 Å². The fraction of sp³-hybridized carbons (Fsp3) is 0.667. The monoisotopic (exact) mass is 392 g/mol. The summed E-state index contributed by atoms with van der Waals surface area (Å²) in [6.07, 6.45) is 5.41. The number of benzene rings is 1. The molecular weight excluding hydrogens is 356 g/mol. The van der Waals surface area contributed by atoms with Crippen molar-refractivity contribution in [2.45, 2.75) is 57.2 Å². The number of hydrogen-bond acceptors (Lipinski definition) is 3. The predicted molar refractivity (Wildman–Crippen MR) is 118 cm³/mol. The van der Waals surface area contributed by atoms with Crippen molar-refractivity contribution < 1.29 is 4.21 Å². The van der Waals surface area contributed by atoms with Gasteiger partial charge in [0, 0.05) is 60.2 Å². The lowest BCUT2D eigenvalue weighted by atomic mass is 9.95. The molecule has 0 spiro atoms. The number of nitrogens with one attached hydrogen (secondary N) is 2. The lowest BCUT2D eigenvalue weighted by Gasteiger charge is -2.30. The molecule has 0 saturated heterocycles. The van der Waals surface area contributed by atoms with Crippen LogP contribution in [0.5, 0.6) is 0 Å². The van der Waals surface area contributed by atoms with Crippen LogP contribution in [0.3, 0.4) is 0 Å². The largest absolute Gasteiger partial charge is 0.372 e. The Hall–Kier alpha value is -1.56. The van der Waals surface area contributed by atoms with Gasteiger partial charge in [-0.15, -0.1) is 0 Å². The van der Waals surface area contributed by atoms with E-state index in [0.29, 0.717) is 11.3 Å². The third-order valence-corrected chi connectivity index (χ3v) is 6.99. The first-order valence-corrected chi connectivity index (χ1v) is 11.7. The van der Waals surface area contributed by atoms with Crippen molar-refractivity contribution in [3.8, 4) is 0 Å². The molecule has 1 aliphatic carbocycles. The minimum absolute atomic E-state index is 0.336. The first-order valence-electron chi connectivity index (χ1n) is 10.3. The van der Waals surface area contributed by atoms with Crippen molar-refractivity contribution in [3.05, 3.63) is 30.3 Å². The quantitative estimate of drug-likeness (QED) is 0.385. The Labute approximate surface area is 167 Å². The van der Waals surface area contributed by atoms with E-state index in [-0.39, 0.29) is 0 Å². The normalized spacial score (nSPS) is 21.5. The Balaban J connectivity index is 1.73. The number of hydrogen-bond donors (Lipinski definition) is 2. The van der Waals surface area contributed by atoms with E-state index >= 15 is 0 Å². The van der Waals surface area contributed by atoms with Crippen LogP contribution in [-0.2, 0) is 10.8 Å². The molecule has 152 valence electrons. The van der Waals surface area contributed by atoms with Gasteiger partial charge < -0.3 is 15.5 Å². The van der Waals surface area contributed by atoms with Gasteiger partial charge in [0.05, 0.1) is 0 Å². The maximum atomic E-state index is 12.1. The van der Waals surface area contributed by atoms with Gasteiger partial charge in [-0.2, -0.15) is 0 Å². The minimum Gasteiger partial charge on any atom is -0.372 e. The van der Waals surface area contributed by atoms with Gasteiger partial charge >= 0.3 is 0 Å². The van der Waals surface area contributed by atoms with Crippen LogP contribution >= 0.6 is 0 Å². The Kier molecular flexibility index (Phi) is 9.67. The molecule has 0 aliphatic heterocycles. The summed E-state index contributed by atoms with van der Waals surface area (Å²) in [5, 5.41) is 7.32. The number of para-hydroxylation sites is 1. The van der Waals surface area contributed by atoms with E-state index in [0.717, 1.165) is 63.5 Å². The van der Waals surface area contributed by atoms with Crippen molar-refractivity contribution in [1.82, 2.24) is 10.6 Å². The molecule has 1 fully saturated rings. The molecule has 5 nitrogen and oxygen atoms in total. The van der Waals surface area contributed by atoms with Crippen LogP contribution in [0.1, 0.15) is 46.0 Å². The van der Waals surface area contributed by atoms with E-state index in [1.807, 2.05) is 14.0 Å². The zero-order valence-corrected chi connectivity index (χ0v) is 17.9. The molecule has 1 aliphatic rings. The van der Waals surface area contributed by atoms with Crippen LogP contribution < -0.4 is 15.5 Å². The summed E-state index contributed by atoms with van der Waals surface area (Å²) in [5.41, 5.74) is 1.28. The molecule has 1 saturated carbocycles. The molecule has 3 atom stereocenters. The molecule has 0 bridgehead atoms. The van der Waals surface area contributed by atoms with Crippen LogP contribution in [0.25, 0.3) is 0 Å². The van der Waals surface area contributed by atoms with Crippen LogP contribution in [0.4, 0.5) is 5.69 Å². The van der Waals surface area contributed by atoms with Crippen LogP contribution in [0, 0.1) is 0 Å². The smallest absolute Gasteiger partial charge is 0.191 e. The number of anilines is 1. The molecule has 0 aromatic heterocycles. The minimum atomic E-state index is -0.688.